The van der Waals surface area contributed by atoms with Gasteiger partial charge in [-0.3, -0.25) is 38.6 Å². The highest BCUT2D eigenvalue weighted by atomic mass is 16.4. The first-order valence-electron chi connectivity index (χ1n) is 10.5. The van der Waals surface area contributed by atoms with E-state index in [2.05, 4.69) is 0 Å². The van der Waals surface area contributed by atoms with Crippen LogP contribution in [0.25, 0.3) is 0 Å². The molecule has 2 unspecified atom stereocenters. The van der Waals surface area contributed by atoms with Gasteiger partial charge < -0.3 is 16.6 Å². The number of primary amides is 1. The van der Waals surface area contributed by atoms with Crippen LogP contribution >= 0.6 is 0 Å². The van der Waals surface area contributed by atoms with Crippen molar-refractivity contribution in [2.24, 2.45) is 17.4 Å². The minimum absolute atomic E-state index is 0.101. The maximum atomic E-state index is 13.6. The Bertz CT molecular complexity index is 1050. The van der Waals surface area contributed by atoms with Crippen molar-refractivity contribution in [3.8, 4) is 0 Å². The number of amides is 5. The standard InChI is InChI=1S/C22H26N4O7/c1-4-13(19(31)32)22(24,20(23)33)21(2,3)26-15(27)10-9-14(18(26)30)25-16(28)11-7-5-6-8-12(11)17(25)29/h5-8,13-14H,4,9-10,24H2,1-3H3,(H2,23,33)(H,31,32)/t13?,14?,22-/m1/s1. The number of rotatable bonds is 7. The average molecular weight is 458 g/mol. The summed E-state index contributed by atoms with van der Waals surface area (Å²) in [5.74, 6) is -7.12. The van der Waals surface area contributed by atoms with Crippen LogP contribution in [0, 0.1) is 5.92 Å². The van der Waals surface area contributed by atoms with E-state index < -0.39 is 58.5 Å². The number of fused-ring (bicyclic) bond motifs is 1. The van der Waals surface area contributed by atoms with Crippen LogP contribution in [0.2, 0.25) is 0 Å². The normalized spacial score (nSPS) is 21.6. The van der Waals surface area contributed by atoms with E-state index in [1.807, 2.05) is 0 Å². The minimum Gasteiger partial charge on any atom is -0.481 e. The van der Waals surface area contributed by atoms with E-state index in [0.29, 0.717) is 4.90 Å². The van der Waals surface area contributed by atoms with E-state index in [1.165, 1.54) is 32.9 Å². The molecule has 1 fully saturated rings. The molecule has 0 saturated carbocycles. The molecule has 5 N–H and O–H groups in total. The monoisotopic (exact) mass is 458 g/mol. The van der Waals surface area contributed by atoms with Crippen LogP contribution < -0.4 is 11.5 Å². The number of nitrogens with two attached hydrogens (primary N) is 2. The fourth-order valence-electron chi connectivity index (χ4n) is 4.86. The van der Waals surface area contributed by atoms with Gasteiger partial charge in [-0.05, 0) is 38.8 Å². The average Bonchev–Trinajstić information content (AvgIpc) is 2.98. The lowest BCUT2D eigenvalue weighted by Gasteiger charge is -2.52. The molecule has 2 heterocycles. The van der Waals surface area contributed by atoms with Gasteiger partial charge >= 0.3 is 5.97 Å². The lowest BCUT2D eigenvalue weighted by Crippen LogP contribution is -2.78. The van der Waals surface area contributed by atoms with E-state index in [4.69, 9.17) is 11.5 Å². The zero-order valence-electron chi connectivity index (χ0n) is 18.5. The highest BCUT2D eigenvalue weighted by Gasteiger charge is 2.61. The van der Waals surface area contributed by atoms with Gasteiger partial charge in [0.2, 0.25) is 11.8 Å². The molecule has 0 radical (unpaired) electrons. The maximum Gasteiger partial charge on any atom is 0.309 e. The summed E-state index contributed by atoms with van der Waals surface area (Å²) in [6.45, 7) is 4.05. The Kier molecular flexibility index (Phi) is 5.88. The number of piperidine rings is 1. The molecule has 1 aromatic carbocycles. The van der Waals surface area contributed by atoms with Crippen LogP contribution in [-0.2, 0) is 19.2 Å². The number of hydrogen-bond donors (Lipinski definition) is 3. The number of carboxylic acids is 1. The summed E-state index contributed by atoms with van der Waals surface area (Å²) in [7, 11) is 0. The maximum absolute atomic E-state index is 13.6. The third-order valence-corrected chi connectivity index (χ3v) is 6.76. The number of nitrogens with zero attached hydrogens (tertiary/aromatic N) is 2. The van der Waals surface area contributed by atoms with Crippen molar-refractivity contribution in [2.75, 3.05) is 0 Å². The van der Waals surface area contributed by atoms with E-state index in [1.54, 1.807) is 12.1 Å². The topological polar surface area (TPSA) is 181 Å². The van der Waals surface area contributed by atoms with Crippen molar-refractivity contribution >= 4 is 35.5 Å². The number of likely N-dealkylation sites (tertiary alicyclic amines) is 1. The molecule has 11 heteroatoms. The van der Waals surface area contributed by atoms with Crippen molar-refractivity contribution in [3.05, 3.63) is 35.4 Å². The predicted octanol–water partition coefficient (Wildman–Crippen LogP) is -0.128. The summed E-state index contributed by atoms with van der Waals surface area (Å²) in [5, 5.41) is 9.67. The Balaban J connectivity index is 2.06. The Morgan fingerprint density at radius 2 is 1.64 bits per heavy atom. The van der Waals surface area contributed by atoms with Crippen molar-refractivity contribution in [3.63, 3.8) is 0 Å². The van der Waals surface area contributed by atoms with E-state index in [0.717, 1.165) is 4.90 Å². The molecule has 0 spiro atoms. The first-order chi connectivity index (χ1) is 15.3. The Labute approximate surface area is 189 Å². The second-order valence-corrected chi connectivity index (χ2v) is 8.74. The summed E-state index contributed by atoms with van der Waals surface area (Å²) < 4.78 is 0. The molecule has 5 amide bonds. The second-order valence-electron chi connectivity index (χ2n) is 8.74. The van der Waals surface area contributed by atoms with E-state index in [9.17, 15) is 33.9 Å². The van der Waals surface area contributed by atoms with Gasteiger partial charge in [0.25, 0.3) is 17.7 Å². The molecule has 0 aromatic heterocycles. The number of imide groups is 2. The van der Waals surface area contributed by atoms with Crippen LogP contribution in [-0.4, -0.2) is 67.5 Å². The molecule has 3 rings (SSSR count). The molecule has 176 valence electrons. The second kappa shape index (κ2) is 8.07. The number of benzene rings is 1. The third-order valence-electron chi connectivity index (χ3n) is 6.76. The summed E-state index contributed by atoms with van der Waals surface area (Å²) in [4.78, 5) is 78.2. The molecular weight excluding hydrogens is 432 g/mol. The lowest BCUT2D eigenvalue weighted by atomic mass is 9.67. The highest BCUT2D eigenvalue weighted by molar-refractivity contribution is 6.23. The van der Waals surface area contributed by atoms with Gasteiger partial charge in [-0.2, -0.15) is 0 Å². The SMILES string of the molecule is CCC(C(=O)O)[C@@](N)(C(N)=O)C(C)(C)N1C(=O)CCC(N2C(=O)c3ccccc3C2=O)C1=O. The summed E-state index contributed by atoms with van der Waals surface area (Å²) in [6.07, 6.45) is -0.442. The zero-order chi connectivity index (χ0) is 24.9. The van der Waals surface area contributed by atoms with Crippen molar-refractivity contribution in [1.29, 1.82) is 0 Å². The first-order valence-corrected chi connectivity index (χ1v) is 10.5. The largest absolute Gasteiger partial charge is 0.481 e. The van der Waals surface area contributed by atoms with Crippen LogP contribution in [0.1, 0.15) is 60.7 Å². The van der Waals surface area contributed by atoms with Gasteiger partial charge in [0.05, 0.1) is 22.6 Å². The summed E-state index contributed by atoms with van der Waals surface area (Å²) in [6, 6.07) is 4.78. The molecule has 3 atom stereocenters. The summed E-state index contributed by atoms with van der Waals surface area (Å²) >= 11 is 0. The molecule has 2 aliphatic heterocycles. The highest BCUT2D eigenvalue weighted by Crippen LogP contribution is 2.39. The number of carboxylic acid groups (broad SMARTS) is 1. The Morgan fingerprint density at radius 3 is 2.06 bits per heavy atom. The molecule has 33 heavy (non-hydrogen) atoms. The van der Waals surface area contributed by atoms with Crippen molar-refractivity contribution in [2.45, 2.75) is 57.2 Å². The van der Waals surface area contributed by atoms with E-state index >= 15 is 0 Å². The first kappa shape index (κ1) is 24.1. The van der Waals surface area contributed by atoms with Gasteiger partial charge in [0, 0.05) is 6.42 Å². The van der Waals surface area contributed by atoms with Gasteiger partial charge in [-0.15, -0.1) is 0 Å². The van der Waals surface area contributed by atoms with Crippen molar-refractivity contribution in [1.82, 2.24) is 9.80 Å². The third kappa shape index (κ3) is 3.30. The van der Waals surface area contributed by atoms with E-state index in [-0.39, 0.29) is 30.4 Å². The van der Waals surface area contributed by atoms with Gasteiger partial charge in [0.15, 0.2) is 0 Å². The van der Waals surface area contributed by atoms with Crippen LogP contribution in [0.3, 0.4) is 0 Å². The lowest BCUT2D eigenvalue weighted by molar-refractivity contribution is -0.168. The van der Waals surface area contributed by atoms with Gasteiger partial charge in [-0.1, -0.05) is 19.1 Å². The molecule has 0 aliphatic carbocycles. The van der Waals surface area contributed by atoms with Crippen molar-refractivity contribution < 1.29 is 33.9 Å². The Morgan fingerprint density at radius 1 is 1.12 bits per heavy atom. The number of aliphatic carboxylic acids is 1. The number of carbonyl (C=O) groups is 6. The molecule has 11 nitrogen and oxygen atoms in total. The van der Waals surface area contributed by atoms with Crippen LogP contribution in [0.4, 0.5) is 0 Å². The zero-order valence-corrected chi connectivity index (χ0v) is 18.5. The fourth-order valence-corrected chi connectivity index (χ4v) is 4.86. The molecule has 1 aromatic rings. The summed E-state index contributed by atoms with van der Waals surface area (Å²) in [5.41, 5.74) is 7.90. The molecule has 1 saturated heterocycles. The minimum atomic E-state index is -2.33. The predicted molar refractivity (Wildman–Crippen MR) is 113 cm³/mol. The molecule has 0 bridgehead atoms. The van der Waals surface area contributed by atoms with Gasteiger partial charge in [0.1, 0.15) is 11.6 Å². The van der Waals surface area contributed by atoms with Gasteiger partial charge in [-0.25, -0.2) is 0 Å². The quantitative estimate of drug-likeness (QED) is 0.472. The fraction of sp³-hybridized carbons (Fsp3) is 0.455. The number of hydrogen-bond acceptors (Lipinski definition) is 7. The van der Waals surface area contributed by atoms with Crippen LogP contribution in [0.5, 0.6) is 0 Å². The van der Waals surface area contributed by atoms with Crippen LogP contribution in [0.15, 0.2) is 24.3 Å². The number of carbonyl (C=O) groups excluding carboxylic acids is 5. The molecular formula is C22H26N4O7. The molecule has 2 aliphatic rings. The Hall–Kier alpha value is -3.60. The smallest absolute Gasteiger partial charge is 0.309 e.